The summed E-state index contributed by atoms with van der Waals surface area (Å²) in [6, 6.07) is 11.1. The minimum Gasteiger partial charge on any atom is -0.465 e. The Morgan fingerprint density at radius 2 is 1.94 bits per heavy atom. The van der Waals surface area contributed by atoms with E-state index in [0.29, 0.717) is 5.56 Å². The van der Waals surface area contributed by atoms with E-state index < -0.39 is 30.9 Å². The molecule has 36 heavy (non-hydrogen) atoms. The molecule has 1 heterocycles. The average Bonchev–Trinajstić information content (AvgIpc) is 2.85. The van der Waals surface area contributed by atoms with Gasteiger partial charge in [-0.2, -0.15) is 0 Å². The summed E-state index contributed by atoms with van der Waals surface area (Å²) in [5.74, 6) is -0.369. The second-order valence-electron chi connectivity index (χ2n) is 8.04. The fourth-order valence-electron chi connectivity index (χ4n) is 3.71. The molecule has 0 unspecified atom stereocenters. The Labute approximate surface area is 211 Å². The SMILES string of the molecule is CN(C(=O)NCc1cccc(F)c1Cl)N1Cc2ccccc2C=C1N(CCCNCC(F)F)C(=O)O. The number of hydrogen-bond acceptors (Lipinski definition) is 4. The van der Waals surface area contributed by atoms with Crippen molar-refractivity contribution in [1.29, 1.82) is 0 Å². The second-order valence-corrected chi connectivity index (χ2v) is 8.42. The van der Waals surface area contributed by atoms with Crippen LogP contribution >= 0.6 is 11.6 Å². The molecule has 0 aromatic heterocycles. The quantitative estimate of drug-likeness (QED) is 0.395. The molecule has 2 aromatic carbocycles. The lowest BCUT2D eigenvalue weighted by atomic mass is 10.0. The van der Waals surface area contributed by atoms with Gasteiger partial charge in [-0.25, -0.2) is 27.8 Å². The van der Waals surface area contributed by atoms with Crippen LogP contribution in [-0.4, -0.2) is 65.3 Å². The summed E-state index contributed by atoms with van der Waals surface area (Å²) in [6.07, 6.45) is -1.81. The first-order valence-electron chi connectivity index (χ1n) is 11.2. The van der Waals surface area contributed by atoms with Crippen molar-refractivity contribution >= 4 is 29.8 Å². The molecule has 0 spiro atoms. The Balaban J connectivity index is 1.78. The molecule has 194 valence electrons. The molecule has 0 saturated heterocycles. The number of carboxylic acid groups (broad SMARTS) is 1. The van der Waals surface area contributed by atoms with Gasteiger partial charge in [-0.1, -0.05) is 48.0 Å². The molecule has 0 saturated carbocycles. The van der Waals surface area contributed by atoms with Crippen LogP contribution in [0.5, 0.6) is 0 Å². The van der Waals surface area contributed by atoms with Crippen molar-refractivity contribution in [3.8, 4) is 0 Å². The summed E-state index contributed by atoms with van der Waals surface area (Å²) in [7, 11) is 1.48. The zero-order chi connectivity index (χ0) is 26.2. The molecule has 8 nitrogen and oxygen atoms in total. The van der Waals surface area contributed by atoms with E-state index in [4.69, 9.17) is 11.6 Å². The number of rotatable bonds is 10. The number of hydrazine groups is 1. The van der Waals surface area contributed by atoms with Gasteiger partial charge >= 0.3 is 12.1 Å². The molecule has 0 aliphatic carbocycles. The van der Waals surface area contributed by atoms with Crippen molar-refractivity contribution in [3.63, 3.8) is 0 Å². The second kappa shape index (κ2) is 12.5. The van der Waals surface area contributed by atoms with E-state index in [-0.39, 0.29) is 43.4 Å². The van der Waals surface area contributed by atoms with Gasteiger partial charge in [0.25, 0.3) is 6.43 Å². The fraction of sp³-hybridized carbons (Fsp3) is 0.333. The first-order chi connectivity index (χ1) is 17.2. The molecule has 2 aromatic rings. The number of halogens is 4. The topological polar surface area (TPSA) is 88.2 Å². The smallest absolute Gasteiger partial charge is 0.413 e. The molecular weight excluding hydrogens is 499 g/mol. The summed E-state index contributed by atoms with van der Waals surface area (Å²) in [5.41, 5.74) is 2.06. The van der Waals surface area contributed by atoms with E-state index >= 15 is 0 Å². The van der Waals surface area contributed by atoms with Gasteiger partial charge in [0, 0.05) is 20.1 Å². The molecule has 1 aliphatic heterocycles. The Bertz CT molecular complexity index is 1120. The Morgan fingerprint density at radius 1 is 1.19 bits per heavy atom. The minimum atomic E-state index is -2.50. The fourth-order valence-corrected chi connectivity index (χ4v) is 3.91. The first-order valence-corrected chi connectivity index (χ1v) is 11.6. The summed E-state index contributed by atoms with van der Waals surface area (Å²) >= 11 is 5.97. The van der Waals surface area contributed by atoms with Gasteiger partial charge < -0.3 is 15.7 Å². The van der Waals surface area contributed by atoms with Crippen LogP contribution in [0.3, 0.4) is 0 Å². The van der Waals surface area contributed by atoms with E-state index in [1.165, 1.54) is 29.2 Å². The maximum absolute atomic E-state index is 13.7. The lowest BCUT2D eigenvalue weighted by Crippen LogP contribution is -2.52. The van der Waals surface area contributed by atoms with Crippen LogP contribution in [-0.2, 0) is 13.1 Å². The molecule has 0 fully saturated rings. The van der Waals surface area contributed by atoms with Gasteiger partial charge in [-0.3, -0.25) is 9.91 Å². The van der Waals surface area contributed by atoms with Gasteiger partial charge in [0.2, 0.25) is 0 Å². The summed E-state index contributed by atoms with van der Waals surface area (Å²) in [5, 5.41) is 17.8. The molecule has 3 N–H and O–H groups in total. The van der Waals surface area contributed by atoms with Gasteiger partial charge in [0.1, 0.15) is 11.6 Å². The lowest BCUT2D eigenvalue weighted by Gasteiger charge is -2.41. The number of alkyl halides is 2. The maximum Gasteiger partial charge on any atom is 0.413 e. The van der Waals surface area contributed by atoms with Crippen LogP contribution in [0.25, 0.3) is 6.08 Å². The van der Waals surface area contributed by atoms with E-state index in [1.807, 2.05) is 24.3 Å². The standard InChI is InChI=1S/C24H27ClF3N5O3/c1-31(23(34)30-13-17-8-4-9-19(26)22(17)25)33-15-18-7-3-2-6-16(18)12-21(33)32(24(35)36)11-5-10-29-14-20(27)28/h2-4,6-9,12,20,29H,5,10-11,13-15H2,1H3,(H,30,34)(H,35,36). The summed E-state index contributed by atoms with van der Waals surface area (Å²) < 4.78 is 38.4. The van der Waals surface area contributed by atoms with Crippen molar-refractivity contribution in [2.24, 2.45) is 0 Å². The number of nitrogens with one attached hydrogen (secondary N) is 2. The predicted molar refractivity (Wildman–Crippen MR) is 130 cm³/mol. The number of amides is 3. The molecule has 0 atom stereocenters. The number of nitrogens with zero attached hydrogens (tertiary/aromatic N) is 3. The molecule has 3 amide bonds. The van der Waals surface area contributed by atoms with E-state index in [1.54, 1.807) is 12.1 Å². The highest BCUT2D eigenvalue weighted by Crippen LogP contribution is 2.28. The minimum absolute atomic E-state index is 0.0183. The number of benzene rings is 2. The van der Waals surface area contributed by atoms with Crippen LogP contribution in [0.15, 0.2) is 48.3 Å². The Morgan fingerprint density at radius 3 is 2.67 bits per heavy atom. The van der Waals surface area contributed by atoms with Gasteiger partial charge in [0.15, 0.2) is 0 Å². The Kier molecular flexibility index (Phi) is 9.43. The average molecular weight is 526 g/mol. The van der Waals surface area contributed by atoms with Crippen LogP contribution in [0.4, 0.5) is 22.8 Å². The van der Waals surface area contributed by atoms with Crippen LogP contribution < -0.4 is 10.6 Å². The summed E-state index contributed by atoms with van der Waals surface area (Å²) in [4.78, 5) is 26.2. The number of carbonyl (C=O) groups excluding carboxylic acids is 1. The van der Waals surface area contributed by atoms with Crippen molar-refractivity contribution in [3.05, 3.63) is 75.8 Å². The first kappa shape index (κ1) is 27.2. The van der Waals surface area contributed by atoms with Crippen LogP contribution in [0.2, 0.25) is 5.02 Å². The normalized spacial score (nSPS) is 12.7. The third-order valence-electron chi connectivity index (χ3n) is 5.58. The van der Waals surface area contributed by atoms with Gasteiger partial charge in [-0.15, -0.1) is 0 Å². The largest absolute Gasteiger partial charge is 0.465 e. The van der Waals surface area contributed by atoms with Gasteiger partial charge in [-0.05, 0) is 41.8 Å². The number of carbonyl (C=O) groups is 2. The van der Waals surface area contributed by atoms with Crippen molar-refractivity contribution in [2.75, 3.05) is 26.7 Å². The zero-order valence-electron chi connectivity index (χ0n) is 19.6. The molecular formula is C24H27ClF3N5O3. The Hall–Kier alpha value is -3.44. The van der Waals surface area contributed by atoms with E-state index in [2.05, 4.69) is 10.6 Å². The van der Waals surface area contributed by atoms with Crippen molar-refractivity contribution in [2.45, 2.75) is 25.9 Å². The van der Waals surface area contributed by atoms with Crippen LogP contribution in [0, 0.1) is 5.82 Å². The third kappa shape index (κ3) is 6.82. The number of fused-ring (bicyclic) bond motifs is 1. The zero-order valence-corrected chi connectivity index (χ0v) is 20.3. The molecule has 12 heteroatoms. The predicted octanol–water partition coefficient (Wildman–Crippen LogP) is 4.57. The molecule has 1 aliphatic rings. The maximum atomic E-state index is 13.7. The molecule has 0 radical (unpaired) electrons. The highest BCUT2D eigenvalue weighted by atomic mass is 35.5. The van der Waals surface area contributed by atoms with Crippen molar-refractivity contribution in [1.82, 2.24) is 25.6 Å². The molecule has 3 rings (SSSR count). The molecule has 0 bridgehead atoms. The third-order valence-corrected chi connectivity index (χ3v) is 6.01. The van der Waals surface area contributed by atoms with Crippen molar-refractivity contribution < 1.29 is 27.9 Å². The van der Waals surface area contributed by atoms with E-state index in [0.717, 1.165) is 16.0 Å². The number of hydrogen-bond donors (Lipinski definition) is 3. The highest BCUT2D eigenvalue weighted by Gasteiger charge is 2.30. The highest BCUT2D eigenvalue weighted by molar-refractivity contribution is 6.31. The van der Waals surface area contributed by atoms with Gasteiger partial charge in [0.05, 0.1) is 18.1 Å². The van der Waals surface area contributed by atoms with Crippen LogP contribution in [0.1, 0.15) is 23.1 Å². The lowest BCUT2D eigenvalue weighted by molar-refractivity contribution is 0.0284. The summed E-state index contributed by atoms with van der Waals surface area (Å²) in [6.45, 7) is -0.0948. The number of urea groups is 1. The monoisotopic (exact) mass is 525 g/mol. The van der Waals surface area contributed by atoms with E-state index in [9.17, 15) is 27.9 Å².